The van der Waals surface area contributed by atoms with Crippen molar-refractivity contribution in [2.75, 3.05) is 7.11 Å². The number of carbonyl (C=O) groups is 1. The first-order valence-corrected chi connectivity index (χ1v) is 8.25. The van der Waals surface area contributed by atoms with Gasteiger partial charge in [0, 0.05) is 17.6 Å². The fraction of sp³-hybridized carbons (Fsp3) is 0.0556. The summed E-state index contributed by atoms with van der Waals surface area (Å²) in [7, 11) is 1.41. The van der Waals surface area contributed by atoms with E-state index in [0.29, 0.717) is 10.9 Å². The molecule has 3 rings (SSSR count). The van der Waals surface area contributed by atoms with Crippen LogP contribution in [0.1, 0.15) is 10.4 Å². The number of hydrogen-bond acceptors (Lipinski definition) is 6. The number of aromatic nitrogens is 1. The van der Waals surface area contributed by atoms with E-state index in [-0.39, 0.29) is 33.5 Å². The summed E-state index contributed by atoms with van der Waals surface area (Å²) in [5.74, 6) is -1.09. The summed E-state index contributed by atoms with van der Waals surface area (Å²) in [6.07, 6.45) is 1.48. The highest BCUT2D eigenvalue weighted by Crippen LogP contribution is 2.38. The Kier molecular flexibility index (Phi) is 5.32. The molecule has 0 bridgehead atoms. The molecular formula is C18H11ClFN3O3S. The van der Waals surface area contributed by atoms with Gasteiger partial charge < -0.3 is 15.2 Å². The molecule has 1 aromatic heterocycles. The average Bonchev–Trinajstić information content (AvgIpc) is 2.66. The number of primary amides is 1. The third-order valence-corrected chi connectivity index (χ3v) is 4.15. The van der Waals surface area contributed by atoms with Gasteiger partial charge >= 0.3 is 0 Å². The first-order chi connectivity index (χ1) is 13.0. The number of benzene rings is 2. The normalized spacial score (nSPS) is 10.3. The smallest absolute Gasteiger partial charge is 0.252 e. The van der Waals surface area contributed by atoms with Crippen LogP contribution in [0.5, 0.6) is 17.2 Å². The van der Waals surface area contributed by atoms with Crippen molar-refractivity contribution in [3.8, 4) is 17.2 Å². The van der Waals surface area contributed by atoms with Gasteiger partial charge in [0.25, 0.3) is 5.91 Å². The molecule has 6 nitrogen and oxygen atoms in total. The minimum Gasteiger partial charge on any atom is -0.496 e. The lowest BCUT2D eigenvalue weighted by Gasteiger charge is -2.12. The third-order valence-electron chi connectivity index (χ3n) is 3.70. The van der Waals surface area contributed by atoms with Crippen LogP contribution in [0, 0.1) is 5.82 Å². The first-order valence-electron chi connectivity index (χ1n) is 7.46. The number of isothiocyanates is 1. The lowest BCUT2D eigenvalue weighted by Crippen LogP contribution is -2.12. The number of fused-ring (bicyclic) bond motifs is 1. The lowest BCUT2D eigenvalue weighted by molar-refractivity contribution is 0.0997. The molecule has 136 valence electrons. The Bertz CT molecular complexity index is 1120. The van der Waals surface area contributed by atoms with Gasteiger partial charge in [-0.3, -0.25) is 9.78 Å². The van der Waals surface area contributed by atoms with Crippen molar-refractivity contribution in [1.82, 2.24) is 4.98 Å². The number of carbonyl (C=O) groups excluding carboxylic acids is 1. The molecule has 0 atom stereocenters. The zero-order valence-electron chi connectivity index (χ0n) is 13.8. The minimum absolute atomic E-state index is 0.132. The van der Waals surface area contributed by atoms with Crippen molar-refractivity contribution >= 4 is 51.5 Å². The van der Waals surface area contributed by atoms with Gasteiger partial charge in [-0.1, -0.05) is 11.6 Å². The van der Waals surface area contributed by atoms with E-state index in [9.17, 15) is 9.18 Å². The van der Waals surface area contributed by atoms with E-state index in [0.717, 1.165) is 0 Å². The Morgan fingerprint density at radius 1 is 1.30 bits per heavy atom. The Hall–Kier alpha value is -3.06. The van der Waals surface area contributed by atoms with Gasteiger partial charge in [0.1, 0.15) is 16.5 Å². The number of nitrogens with two attached hydrogens (primary N) is 1. The first kappa shape index (κ1) is 18.7. The zero-order valence-corrected chi connectivity index (χ0v) is 15.4. The molecule has 0 aliphatic rings. The van der Waals surface area contributed by atoms with Gasteiger partial charge in [-0.25, -0.2) is 4.39 Å². The van der Waals surface area contributed by atoms with Crippen molar-refractivity contribution in [3.05, 3.63) is 52.9 Å². The van der Waals surface area contributed by atoms with Gasteiger partial charge in [0.05, 0.1) is 29.0 Å². The molecule has 0 unspecified atom stereocenters. The van der Waals surface area contributed by atoms with E-state index in [1.54, 1.807) is 6.07 Å². The fourth-order valence-electron chi connectivity index (χ4n) is 2.45. The minimum atomic E-state index is -0.809. The largest absolute Gasteiger partial charge is 0.496 e. The molecule has 0 saturated heterocycles. The number of thiocarbonyl (C=S) groups is 1. The van der Waals surface area contributed by atoms with Gasteiger partial charge in [0.15, 0.2) is 11.6 Å². The second-order valence-electron chi connectivity index (χ2n) is 5.26. The Morgan fingerprint density at radius 2 is 2.07 bits per heavy atom. The Balaban J connectivity index is 2.13. The monoisotopic (exact) mass is 403 g/mol. The number of methoxy groups -OCH3 is 1. The average molecular weight is 404 g/mol. The summed E-state index contributed by atoms with van der Waals surface area (Å²) < 4.78 is 25.3. The summed E-state index contributed by atoms with van der Waals surface area (Å²) in [6, 6.07) is 7.35. The van der Waals surface area contributed by atoms with Crippen molar-refractivity contribution < 1.29 is 18.7 Å². The number of pyridine rings is 1. The summed E-state index contributed by atoms with van der Waals surface area (Å²) in [4.78, 5) is 19.6. The van der Waals surface area contributed by atoms with Gasteiger partial charge in [-0.05, 0) is 36.5 Å². The van der Waals surface area contributed by atoms with Crippen LogP contribution >= 0.6 is 23.8 Å². The Labute approximate surface area is 163 Å². The van der Waals surface area contributed by atoms with Crippen molar-refractivity contribution in [3.63, 3.8) is 0 Å². The van der Waals surface area contributed by atoms with E-state index >= 15 is 0 Å². The molecule has 1 heterocycles. The molecule has 2 N–H and O–H groups in total. The number of ether oxygens (including phenoxy) is 2. The highest BCUT2D eigenvalue weighted by atomic mass is 35.5. The number of hydrogen-bond donors (Lipinski definition) is 1. The molecule has 27 heavy (non-hydrogen) atoms. The van der Waals surface area contributed by atoms with E-state index in [4.69, 9.17) is 26.8 Å². The number of aliphatic imine (C=N–C) groups is 1. The van der Waals surface area contributed by atoms with Gasteiger partial charge in [-0.15, -0.1) is 0 Å². The maximum absolute atomic E-state index is 14.5. The standard InChI is InChI=1S/C18H11ClFN3O3S/c1-25-15-7-12-9(6-10(15)18(21)24)13(4-5-22-12)26-14-3-2-11(23-8-27)16(19)17(14)20/h2-7H,1H3,(H2,21,24). The van der Waals surface area contributed by atoms with Crippen LogP contribution in [-0.2, 0) is 0 Å². The van der Waals surface area contributed by atoms with Crippen molar-refractivity contribution in [2.45, 2.75) is 0 Å². The summed E-state index contributed by atoms with van der Waals surface area (Å²) in [5, 5.41) is 2.33. The predicted molar refractivity (Wildman–Crippen MR) is 103 cm³/mol. The fourth-order valence-corrected chi connectivity index (χ4v) is 2.75. The second kappa shape index (κ2) is 7.67. The van der Waals surface area contributed by atoms with Crippen LogP contribution in [0.2, 0.25) is 5.02 Å². The quantitative estimate of drug-likeness (QED) is 0.494. The van der Waals surface area contributed by atoms with Crippen molar-refractivity contribution in [2.24, 2.45) is 10.7 Å². The van der Waals surface area contributed by atoms with Crippen LogP contribution < -0.4 is 15.2 Å². The van der Waals surface area contributed by atoms with Gasteiger partial charge in [0.2, 0.25) is 0 Å². The van der Waals surface area contributed by atoms with E-state index < -0.39 is 11.7 Å². The van der Waals surface area contributed by atoms with E-state index in [1.165, 1.54) is 37.6 Å². The molecule has 2 aromatic carbocycles. The molecule has 0 radical (unpaired) electrons. The number of halogens is 2. The highest BCUT2D eigenvalue weighted by molar-refractivity contribution is 7.78. The highest BCUT2D eigenvalue weighted by Gasteiger charge is 2.17. The van der Waals surface area contributed by atoms with Crippen LogP contribution in [0.4, 0.5) is 10.1 Å². The molecule has 1 amide bonds. The lowest BCUT2D eigenvalue weighted by atomic mass is 10.1. The topological polar surface area (TPSA) is 86.8 Å². The molecule has 0 fully saturated rings. The molecule has 9 heteroatoms. The van der Waals surface area contributed by atoms with Crippen LogP contribution in [0.25, 0.3) is 10.9 Å². The summed E-state index contributed by atoms with van der Waals surface area (Å²) in [5.41, 5.74) is 6.15. The molecule has 0 aliphatic heterocycles. The molecule has 0 spiro atoms. The Morgan fingerprint density at radius 3 is 2.74 bits per heavy atom. The number of nitrogens with zero attached hydrogens (tertiary/aromatic N) is 2. The molecule has 0 aliphatic carbocycles. The predicted octanol–water partition coefficient (Wildman–Crippen LogP) is 4.66. The molecule has 3 aromatic rings. The van der Waals surface area contributed by atoms with Crippen LogP contribution in [0.3, 0.4) is 0 Å². The molecular weight excluding hydrogens is 393 g/mol. The second-order valence-corrected chi connectivity index (χ2v) is 5.82. The van der Waals surface area contributed by atoms with Crippen LogP contribution in [-0.4, -0.2) is 23.2 Å². The molecule has 0 saturated carbocycles. The number of amides is 1. The summed E-state index contributed by atoms with van der Waals surface area (Å²) in [6.45, 7) is 0. The number of rotatable bonds is 5. The third kappa shape index (κ3) is 3.59. The van der Waals surface area contributed by atoms with Crippen molar-refractivity contribution in [1.29, 1.82) is 0 Å². The van der Waals surface area contributed by atoms with Gasteiger partial charge in [-0.2, -0.15) is 4.99 Å². The van der Waals surface area contributed by atoms with Crippen LogP contribution in [0.15, 0.2) is 41.5 Å². The SMILES string of the molecule is COc1cc2nccc(Oc3ccc(N=C=S)c(Cl)c3F)c2cc1C(N)=O. The maximum atomic E-state index is 14.5. The maximum Gasteiger partial charge on any atom is 0.252 e. The van der Waals surface area contributed by atoms with E-state index in [2.05, 4.69) is 27.4 Å². The van der Waals surface area contributed by atoms with E-state index in [1.807, 2.05) is 0 Å². The summed E-state index contributed by atoms with van der Waals surface area (Å²) >= 11 is 10.4. The zero-order chi connectivity index (χ0) is 19.6.